The van der Waals surface area contributed by atoms with Crippen molar-refractivity contribution in [3.05, 3.63) is 59.2 Å². The number of ether oxygens (including phenoxy) is 1. The zero-order chi connectivity index (χ0) is 27.0. The number of nitrogens with one attached hydrogen (secondary N) is 1. The second kappa shape index (κ2) is 12.8. The summed E-state index contributed by atoms with van der Waals surface area (Å²) in [5, 5.41) is 2.92. The van der Waals surface area contributed by atoms with Crippen LogP contribution >= 0.6 is 0 Å². The molecule has 2 aromatic rings. The van der Waals surface area contributed by atoms with Gasteiger partial charge >= 0.3 is 0 Å². The summed E-state index contributed by atoms with van der Waals surface area (Å²) < 4.78 is 32.0. The summed E-state index contributed by atoms with van der Waals surface area (Å²) in [6.07, 6.45) is 1.46. The lowest BCUT2D eigenvalue weighted by molar-refractivity contribution is -0.140. The van der Waals surface area contributed by atoms with Crippen molar-refractivity contribution in [2.24, 2.45) is 5.92 Å². The van der Waals surface area contributed by atoms with Gasteiger partial charge in [-0.2, -0.15) is 0 Å². The Hall–Kier alpha value is -3.07. The Kier molecular flexibility index (Phi) is 10.3. The Bertz CT molecular complexity index is 1160. The average molecular weight is 518 g/mol. The summed E-state index contributed by atoms with van der Waals surface area (Å²) in [5.74, 6) is 0.153. The first-order chi connectivity index (χ1) is 16.9. The minimum Gasteiger partial charge on any atom is -0.497 e. The highest BCUT2D eigenvalue weighted by atomic mass is 32.2. The van der Waals surface area contributed by atoms with Crippen molar-refractivity contribution in [2.45, 2.75) is 53.6 Å². The van der Waals surface area contributed by atoms with E-state index in [-0.39, 0.29) is 18.4 Å². The standard InChI is InChI=1S/C27H39N3O5S/c1-8-24(27(32)28-16-19(2)3)29(17-22-10-9-11-23(15-22)35-6)26(31)18-30(36(7,33)34)25-14-20(4)12-13-21(25)5/h9-15,19,24H,8,16-18H2,1-7H3,(H,28,32)/t24-/m0/s1. The largest absolute Gasteiger partial charge is 0.497 e. The molecule has 0 bridgehead atoms. The SMILES string of the molecule is CC[C@@H](C(=O)NCC(C)C)N(Cc1cccc(OC)c1)C(=O)CN(c1cc(C)ccc1C)S(C)(=O)=O. The Labute approximate surface area is 215 Å². The Morgan fingerprint density at radius 1 is 1.08 bits per heavy atom. The van der Waals surface area contributed by atoms with E-state index in [1.54, 1.807) is 32.2 Å². The number of carbonyl (C=O) groups is 2. The third-order valence-electron chi connectivity index (χ3n) is 5.87. The van der Waals surface area contributed by atoms with Gasteiger partial charge in [-0.05, 0) is 61.1 Å². The number of benzene rings is 2. The number of nitrogens with zero attached hydrogens (tertiary/aromatic N) is 2. The number of hydrogen-bond acceptors (Lipinski definition) is 5. The third kappa shape index (κ3) is 7.98. The molecule has 1 N–H and O–H groups in total. The van der Waals surface area contributed by atoms with Gasteiger partial charge < -0.3 is 15.0 Å². The highest BCUT2D eigenvalue weighted by Crippen LogP contribution is 2.25. The molecule has 0 saturated heterocycles. The number of anilines is 1. The van der Waals surface area contributed by atoms with Gasteiger partial charge in [-0.1, -0.05) is 45.0 Å². The molecule has 2 amide bonds. The van der Waals surface area contributed by atoms with E-state index in [0.717, 1.165) is 27.3 Å². The number of rotatable bonds is 12. The van der Waals surface area contributed by atoms with Gasteiger partial charge in [0, 0.05) is 13.1 Å². The normalized spacial score (nSPS) is 12.2. The Balaban J connectivity index is 2.48. The molecule has 0 aliphatic carbocycles. The number of sulfonamides is 1. The molecule has 36 heavy (non-hydrogen) atoms. The molecule has 0 saturated carbocycles. The van der Waals surface area contributed by atoms with Gasteiger partial charge in [0.15, 0.2) is 0 Å². The van der Waals surface area contributed by atoms with Crippen LogP contribution in [0.4, 0.5) is 5.69 Å². The minimum absolute atomic E-state index is 0.133. The van der Waals surface area contributed by atoms with Gasteiger partial charge in [0.2, 0.25) is 21.8 Å². The van der Waals surface area contributed by atoms with Gasteiger partial charge in [-0.25, -0.2) is 8.42 Å². The lowest BCUT2D eigenvalue weighted by atomic mass is 10.1. The fourth-order valence-electron chi connectivity index (χ4n) is 3.89. The average Bonchev–Trinajstić information content (AvgIpc) is 2.82. The highest BCUT2D eigenvalue weighted by molar-refractivity contribution is 7.92. The highest BCUT2D eigenvalue weighted by Gasteiger charge is 2.32. The summed E-state index contributed by atoms with van der Waals surface area (Å²) in [7, 11) is -2.22. The molecular weight excluding hydrogens is 478 g/mol. The van der Waals surface area contributed by atoms with E-state index < -0.39 is 28.5 Å². The van der Waals surface area contributed by atoms with Crippen molar-refractivity contribution in [2.75, 3.05) is 30.8 Å². The molecular formula is C27H39N3O5S. The summed E-state index contributed by atoms with van der Waals surface area (Å²) in [6.45, 7) is 9.70. The smallest absolute Gasteiger partial charge is 0.244 e. The number of methoxy groups -OCH3 is 1. The number of aryl methyl sites for hydroxylation is 2. The lowest BCUT2D eigenvalue weighted by Gasteiger charge is -2.33. The molecule has 8 nitrogen and oxygen atoms in total. The topological polar surface area (TPSA) is 96.0 Å². The molecule has 0 radical (unpaired) electrons. The molecule has 0 heterocycles. The molecule has 0 unspecified atom stereocenters. The summed E-state index contributed by atoms with van der Waals surface area (Å²) in [5.41, 5.74) is 2.84. The summed E-state index contributed by atoms with van der Waals surface area (Å²) in [4.78, 5) is 28.4. The molecule has 0 spiro atoms. The molecule has 0 aromatic heterocycles. The lowest BCUT2D eigenvalue weighted by Crippen LogP contribution is -2.52. The van der Waals surface area contributed by atoms with E-state index >= 15 is 0 Å². The molecule has 198 valence electrons. The first-order valence-electron chi connectivity index (χ1n) is 12.1. The maximum atomic E-state index is 13.8. The van der Waals surface area contributed by atoms with Crippen LogP contribution in [0.3, 0.4) is 0 Å². The zero-order valence-electron chi connectivity index (χ0n) is 22.4. The van der Waals surface area contributed by atoms with Crippen LogP contribution in [0.15, 0.2) is 42.5 Å². The quantitative estimate of drug-likeness (QED) is 0.464. The molecule has 0 aliphatic heterocycles. The molecule has 2 rings (SSSR count). The second-order valence-electron chi connectivity index (χ2n) is 9.50. The predicted octanol–water partition coefficient (Wildman–Crippen LogP) is 3.66. The van der Waals surface area contributed by atoms with Crippen molar-refractivity contribution < 1.29 is 22.7 Å². The van der Waals surface area contributed by atoms with E-state index in [0.29, 0.717) is 24.4 Å². The summed E-state index contributed by atoms with van der Waals surface area (Å²) in [6, 6.07) is 12.0. The fraction of sp³-hybridized carbons (Fsp3) is 0.481. The molecule has 0 fully saturated rings. The van der Waals surface area contributed by atoms with E-state index in [4.69, 9.17) is 4.74 Å². The summed E-state index contributed by atoms with van der Waals surface area (Å²) >= 11 is 0. The van der Waals surface area contributed by atoms with Crippen molar-refractivity contribution in [1.82, 2.24) is 10.2 Å². The fourth-order valence-corrected chi connectivity index (χ4v) is 4.79. The van der Waals surface area contributed by atoms with E-state index in [9.17, 15) is 18.0 Å². The molecule has 1 atom stereocenters. The van der Waals surface area contributed by atoms with Crippen LogP contribution in [-0.4, -0.2) is 57.6 Å². The molecule has 2 aromatic carbocycles. The van der Waals surface area contributed by atoms with Gasteiger partial charge in [0.05, 0.1) is 19.1 Å². The van der Waals surface area contributed by atoms with Crippen LogP contribution in [0.1, 0.15) is 43.9 Å². The van der Waals surface area contributed by atoms with Gasteiger partial charge in [0.1, 0.15) is 18.3 Å². The van der Waals surface area contributed by atoms with E-state index in [1.807, 2.05) is 52.0 Å². The number of carbonyl (C=O) groups excluding carboxylic acids is 2. The first kappa shape index (κ1) is 29.2. The van der Waals surface area contributed by atoms with Crippen LogP contribution < -0.4 is 14.4 Å². The zero-order valence-corrected chi connectivity index (χ0v) is 23.2. The second-order valence-corrected chi connectivity index (χ2v) is 11.4. The van der Waals surface area contributed by atoms with Crippen LogP contribution in [0, 0.1) is 19.8 Å². The predicted molar refractivity (Wildman–Crippen MR) is 144 cm³/mol. The van der Waals surface area contributed by atoms with Crippen molar-refractivity contribution >= 4 is 27.5 Å². The molecule has 9 heteroatoms. The first-order valence-corrected chi connectivity index (χ1v) is 14.0. The Morgan fingerprint density at radius 2 is 1.78 bits per heavy atom. The van der Waals surface area contributed by atoms with Crippen LogP contribution in [0.25, 0.3) is 0 Å². The van der Waals surface area contributed by atoms with Crippen LogP contribution in [0.5, 0.6) is 5.75 Å². The van der Waals surface area contributed by atoms with E-state index in [2.05, 4.69) is 5.32 Å². The molecule has 0 aliphatic rings. The van der Waals surface area contributed by atoms with Gasteiger partial charge in [0.25, 0.3) is 0 Å². The van der Waals surface area contributed by atoms with E-state index in [1.165, 1.54) is 4.90 Å². The third-order valence-corrected chi connectivity index (χ3v) is 7.00. The van der Waals surface area contributed by atoms with Crippen molar-refractivity contribution in [3.63, 3.8) is 0 Å². The van der Waals surface area contributed by atoms with Crippen molar-refractivity contribution in [3.8, 4) is 5.75 Å². The van der Waals surface area contributed by atoms with Crippen molar-refractivity contribution in [1.29, 1.82) is 0 Å². The monoisotopic (exact) mass is 517 g/mol. The maximum absolute atomic E-state index is 13.8. The minimum atomic E-state index is -3.78. The number of amides is 2. The van der Waals surface area contributed by atoms with Crippen LogP contribution in [-0.2, 0) is 26.2 Å². The van der Waals surface area contributed by atoms with Gasteiger partial charge in [-0.15, -0.1) is 0 Å². The number of hydrogen-bond donors (Lipinski definition) is 1. The van der Waals surface area contributed by atoms with Crippen LogP contribution in [0.2, 0.25) is 0 Å². The Morgan fingerprint density at radius 3 is 2.36 bits per heavy atom. The van der Waals surface area contributed by atoms with Gasteiger partial charge in [-0.3, -0.25) is 13.9 Å². The maximum Gasteiger partial charge on any atom is 0.244 e.